The lowest BCUT2D eigenvalue weighted by molar-refractivity contribution is -0.126. The van der Waals surface area contributed by atoms with E-state index in [1.54, 1.807) is 19.3 Å². The van der Waals surface area contributed by atoms with E-state index in [1.807, 2.05) is 0 Å². The quantitative estimate of drug-likeness (QED) is 0.890. The van der Waals surface area contributed by atoms with Gasteiger partial charge in [-0.15, -0.1) is 0 Å². The summed E-state index contributed by atoms with van der Waals surface area (Å²) in [7, 11) is 1.63. The zero-order chi connectivity index (χ0) is 16.1. The summed E-state index contributed by atoms with van der Waals surface area (Å²) >= 11 is 0. The average Bonchev–Trinajstić information content (AvgIpc) is 2.55. The fourth-order valence-corrected chi connectivity index (χ4v) is 2.87. The number of nitrogens with zero attached hydrogens (tertiary/aromatic N) is 3. The molecule has 1 saturated heterocycles. The molecule has 122 valence electrons. The van der Waals surface area contributed by atoms with Crippen molar-refractivity contribution in [2.75, 3.05) is 18.0 Å². The number of carbonyl (C=O) groups is 1. The molecule has 1 aliphatic heterocycles. The highest BCUT2D eigenvalue weighted by Gasteiger charge is 2.27. The van der Waals surface area contributed by atoms with Gasteiger partial charge in [0.2, 0.25) is 5.91 Å². The van der Waals surface area contributed by atoms with Gasteiger partial charge in [0, 0.05) is 32.2 Å². The highest BCUT2D eigenvalue weighted by atomic mass is 16.2. The first-order chi connectivity index (χ1) is 10.5. The first kappa shape index (κ1) is 16.5. The molecule has 1 N–H and O–H groups in total. The van der Waals surface area contributed by atoms with Gasteiger partial charge in [-0.25, -0.2) is 4.68 Å². The predicted octanol–water partition coefficient (Wildman–Crippen LogP) is 1.30. The molecule has 0 spiro atoms. The number of piperidine rings is 1. The molecule has 2 heterocycles. The van der Waals surface area contributed by atoms with Crippen molar-refractivity contribution in [3.8, 4) is 0 Å². The van der Waals surface area contributed by atoms with Crippen LogP contribution in [0.4, 0.5) is 5.69 Å². The average molecular weight is 306 g/mol. The van der Waals surface area contributed by atoms with Gasteiger partial charge in [-0.3, -0.25) is 9.59 Å². The van der Waals surface area contributed by atoms with Crippen molar-refractivity contribution in [3.63, 3.8) is 0 Å². The molecular weight excluding hydrogens is 280 g/mol. The zero-order valence-electron chi connectivity index (χ0n) is 13.7. The maximum Gasteiger partial charge on any atom is 0.268 e. The van der Waals surface area contributed by atoms with Crippen molar-refractivity contribution in [1.82, 2.24) is 15.1 Å². The number of rotatable bonds is 5. The molecule has 1 aromatic rings. The van der Waals surface area contributed by atoms with E-state index in [-0.39, 0.29) is 23.4 Å². The molecule has 0 bridgehead atoms. The van der Waals surface area contributed by atoms with Crippen LogP contribution >= 0.6 is 0 Å². The molecule has 0 aliphatic carbocycles. The number of nitrogens with one attached hydrogen (secondary N) is 1. The van der Waals surface area contributed by atoms with Gasteiger partial charge >= 0.3 is 0 Å². The number of amides is 1. The Kier molecular flexibility index (Phi) is 5.57. The second kappa shape index (κ2) is 7.42. The van der Waals surface area contributed by atoms with Crippen LogP contribution in [0.1, 0.15) is 39.5 Å². The number of anilines is 1. The van der Waals surface area contributed by atoms with Crippen LogP contribution in [0.2, 0.25) is 0 Å². The van der Waals surface area contributed by atoms with E-state index >= 15 is 0 Å². The van der Waals surface area contributed by atoms with Crippen LogP contribution in [-0.2, 0) is 11.8 Å². The van der Waals surface area contributed by atoms with Crippen molar-refractivity contribution in [1.29, 1.82) is 0 Å². The minimum Gasteiger partial charge on any atom is -0.369 e. The van der Waals surface area contributed by atoms with Gasteiger partial charge in [0.25, 0.3) is 5.56 Å². The molecule has 0 unspecified atom stereocenters. The van der Waals surface area contributed by atoms with Crippen LogP contribution in [0.15, 0.2) is 17.1 Å². The summed E-state index contributed by atoms with van der Waals surface area (Å²) in [6.07, 6.45) is 5.47. The normalized spacial score (nSPS) is 18.5. The van der Waals surface area contributed by atoms with E-state index in [4.69, 9.17) is 0 Å². The molecule has 1 amide bonds. The molecule has 1 aliphatic rings. The van der Waals surface area contributed by atoms with Gasteiger partial charge in [0.15, 0.2) is 0 Å². The predicted molar refractivity (Wildman–Crippen MR) is 86.9 cm³/mol. The van der Waals surface area contributed by atoms with E-state index in [9.17, 15) is 9.59 Å². The SMILES string of the molecule is CCC(CC)NC(=O)[C@@H]1CCCN(c2cnn(C)c(=O)c2)C1. The first-order valence-corrected chi connectivity index (χ1v) is 8.13. The van der Waals surface area contributed by atoms with E-state index in [1.165, 1.54) is 4.68 Å². The Balaban J connectivity index is 2.03. The minimum absolute atomic E-state index is 0.0154. The molecule has 1 atom stereocenters. The zero-order valence-corrected chi connectivity index (χ0v) is 13.7. The van der Waals surface area contributed by atoms with Crippen LogP contribution in [0, 0.1) is 5.92 Å². The molecule has 22 heavy (non-hydrogen) atoms. The third-order valence-electron chi connectivity index (χ3n) is 4.44. The standard InChI is InChI=1S/C16H26N4O2/c1-4-13(5-2)18-16(22)12-7-6-8-20(11-12)14-9-15(21)19(3)17-10-14/h9-10,12-13H,4-8,11H2,1-3H3,(H,18,22)/t12-/m1/s1. The highest BCUT2D eigenvalue weighted by molar-refractivity contribution is 5.79. The fourth-order valence-electron chi connectivity index (χ4n) is 2.87. The smallest absolute Gasteiger partial charge is 0.268 e. The summed E-state index contributed by atoms with van der Waals surface area (Å²) in [5, 5.41) is 7.19. The Hall–Kier alpha value is -1.85. The fraction of sp³-hybridized carbons (Fsp3) is 0.688. The number of hydrogen-bond donors (Lipinski definition) is 1. The van der Waals surface area contributed by atoms with Crippen LogP contribution < -0.4 is 15.8 Å². The summed E-state index contributed by atoms with van der Waals surface area (Å²) < 4.78 is 1.31. The summed E-state index contributed by atoms with van der Waals surface area (Å²) in [6.45, 7) is 5.70. The largest absolute Gasteiger partial charge is 0.369 e. The van der Waals surface area contributed by atoms with Gasteiger partial charge in [-0.1, -0.05) is 13.8 Å². The van der Waals surface area contributed by atoms with Gasteiger partial charge < -0.3 is 10.2 Å². The minimum atomic E-state index is -0.124. The second-order valence-corrected chi connectivity index (χ2v) is 5.98. The summed E-state index contributed by atoms with van der Waals surface area (Å²) in [4.78, 5) is 26.2. The molecule has 6 nitrogen and oxygen atoms in total. The van der Waals surface area contributed by atoms with Crippen LogP contribution in [0.3, 0.4) is 0 Å². The van der Waals surface area contributed by atoms with Gasteiger partial charge in [-0.05, 0) is 25.7 Å². The molecule has 2 rings (SSSR count). The summed E-state index contributed by atoms with van der Waals surface area (Å²) in [6, 6.07) is 1.85. The Labute approximate surface area is 131 Å². The topological polar surface area (TPSA) is 67.2 Å². The van der Waals surface area contributed by atoms with Crippen molar-refractivity contribution >= 4 is 11.6 Å². The second-order valence-electron chi connectivity index (χ2n) is 5.98. The molecular formula is C16H26N4O2. The Morgan fingerprint density at radius 3 is 2.82 bits per heavy atom. The van der Waals surface area contributed by atoms with Crippen molar-refractivity contribution in [3.05, 3.63) is 22.6 Å². The lowest BCUT2D eigenvalue weighted by Crippen LogP contribution is -2.46. The Morgan fingerprint density at radius 1 is 1.45 bits per heavy atom. The molecule has 0 saturated carbocycles. The number of hydrogen-bond acceptors (Lipinski definition) is 4. The lowest BCUT2D eigenvalue weighted by atomic mass is 9.96. The van der Waals surface area contributed by atoms with Crippen molar-refractivity contribution in [2.45, 2.75) is 45.6 Å². The summed E-state index contributed by atoms with van der Waals surface area (Å²) in [5.41, 5.74) is 0.684. The Bertz CT molecular complexity index is 566. The number of aromatic nitrogens is 2. The van der Waals surface area contributed by atoms with Crippen molar-refractivity contribution < 1.29 is 4.79 Å². The van der Waals surface area contributed by atoms with E-state index in [0.717, 1.165) is 37.9 Å². The van der Waals surface area contributed by atoms with E-state index in [0.29, 0.717) is 6.54 Å². The molecule has 1 fully saturated rings. The first-order valence-electron chi connectivity index (χ1n) is 8.13. The van der Waals surface area contributed by atoms with Crippen molar-refractivity contribution in [2.24, 2.45) is 13.0 Å². The third-order valence-corrected chi connectivity index (χ3v) is 4.44. The molecule has 1 aromatic heterocycles. The van der Waals surface area contributed by atoms with Gasteiger partial charge in [0.1, 0.15) is 0 Å². The van der Waals surface area contributed by atoms with Crippen LogP contribution in [-0.4, -0.2) is 34.8 Å². The maximum absolute atomic E-state index is 12.4. The molecule has 6 heteroatoms. The Morgan fingerprint density at radius 2 is 2.18 bits per heavy atom. The molecule has 0 aromatic carbocycles. The monoisotopic (exact) mass is 306 g/mol. The van der Waals surface area contributed by atoms with Gasteiger partial charge in [-0.2, -0.15) is 5.10 Å². The van der Waals surface area contributed by atoms with Crippen LogP contribution in [0.5, 0.6) is 0 Å². The van der Waals surface area contributed by atoms with E-state index < -0.39 is 0 Å². The summed E-state index contributed by atoms with van der Waals surface area (Å²) in [5.74, 6) is 0.119. The lowest BCUT2D eigenvalue weighted by Gasteiger charge is -2.34. The highest BCUT2D eigenvalue weighted by Crippen LogP contribution is 2.22. The van der Waals surface area contributed by atoms with E-state index in [2.05, 4.69) is 29.2 Å². The maximum atomic E-state index is 12.4. The third kappa shape index (κ3) is 3.87. The van der Waals surface area contributed by atoms with Crippen LogP contribution in [0.25, 0.3) is 0 Å². The van der Waals surface area contributed by atoms with Gasteiger partial charge in [0.05, 0.1) is 17.8 Å². The number of carbonyl (C=O) groups excluding carboxylic acids is 1. The number of aryl methyl sites for hydroxylation is 1. The molecule has 0 radical (unpaired) electrons.